The van der Waals surface area contributed by atoms with Gasteiger partial charge in [0, 0.05) is 19.1 Å². The van der Waals surface area contributed by atoms with Crippen LogP contribution in [0.15, 0.2) is 0 Å². The second-order valence-electron chi connectivity index (χ2n) is 6.20. The van der Waals surface area contributed by atoms with Gasteiger partial charge in [0.1, 0.15) is 0 Å². The lowest BCUT2D eigenvalue weighted by molar-refractivity contribution is -0.0648. The highest BCUT2D eigenvalue weighted by molar-refractivity contribution is 4.84. The van der Waals surface area contributed by atoms with Crippen molar-refractivity contribution in [1.29, 1.82) is 0 Å². The molecule has 1 heterocycles. The van der Waals surface area contributed by atoms with Gasteiger partial charge in [0.05, 0.1) is 12.7 Å². The van der Waals surface area contributed by atoms with E-state index in [4.69, 9.17) is 10.5 Å². The standard InChI is InChI=1S/C15H30N2O/c1-3-15-11-18-12(2)9-17(15)10-14-7-5-4-6-13(14)8-16/h12-15H,3-11,16H2,1-2H3. The topological polar surface area (TPSA) is 38.5 Å². The lowest BCUT2D eigenvalue weighted by atomic mass is 9.78. The Morgan fingerprint density at radius 3 is 2.61 bits per heavy atom. The van der Waals surface area contributed by atoms with E-state index in [0.29, 0.717) is 12.1 Å². The van der Waals surface area contributed by atoms with Crippen LogP contribution in [0.4, 0.5) is 0 Å². The molecule has 1 saturated carbocycles. The van der Waals surface area contributed by atoms with Gasteiger partial charge in [-0.05, 0) is 44.6 Å². The van der Waals surface area contributed by atoms with Crippen molar-refractivity contribution in [3.63, 3.8) is 0 Å². The highest BCUT2D eigenvalue weighted by atomic mass is 16.5. The van der Waals surface area contributed by atoms with E-state index in [0.717, 1.165) is 31.5 Å². The van der Waals surface area contributed by atoms with Crippen molar-refractivity contribution in [2.45, 2.75) is 58.1 Å². The Hall–Kier alpha value is -0.120. The fourth-order valence-corrected chi connectivity index (χ4v) is 3.65. The van der Waals surface area contributed by atoms with Crippen molar-refractivity contribution in [3.05, 3.63) is 0 Å². The van der Waals surface area contributed by atoms with Crippen LogP contribution in [-0.4, -0.2) is 43.3 Å². The fraction of sp³-hybridized carbons (Fsp3) is 1.00. The molecule has 1 aliphatic carbocycles. The lowest BCUT2D eigenvalue weighted by Crippen LogP contribution is -2.51. The van der Waals surface area contributed by atoms with E-state index in [1.807, 2.05) is 0 Å². The van der Waals surface area contributed by atoms with Crippen LogP contribution in [0.2, 0.25) is 0 Å². The SMILES string of the molecule is CCC1COC(C)CN1CC1CCCCC1CN. The monoisotopic (exact) mass is 254 g/mol. The number of ether oxygens (including phenoxy) is 1. The molecule has 1 aliphatic heterocycles. The average Bonchev–Trinajstić information content (AvgIpc) is 2.40. The molecule has 0 aromatic carbocycles. The van der Waals surface area contributed by atoms with E-state index >= 15 is 0 Å². The molecule has 0 spiro atoms. The maximum Gasteiger partial charge on any atom is 0.0674 e. The summed E-state index contributed by atoms with van der Waals surface area (Å²) in [5, 5.41) is 0. The highest BCUT2D eigenvalue weighted by Gasteiger charge is 2.31. The Bertz CT molecular complexity index is 247. The Kier molecular flexibility index (Phi) is 5.46. The Morgan fingerprint density at radius 2 is 1.94 bits per heavy atom. The van der Waals surface area contributed by atoms with Crippen molar-refractivity contribution >= 4 is 0 Å². The van der Waals surface area contributed by atoms with Crippen LogP contribution in [0.25, 0.3) is 0 Å². The van der Waals surface area contributed by atoms with Crippen molar-refractivity contribution < 1.29 is 4.74 Å². The number of hydrogen-bond acceptors (Lipinski definition) is 3. The third-order valence-corrected chi connectivity index (χ3v) is 4.89. The minimum absolute atomic E-state index is 0.396. The molecule has 0 aromatic rings. The largest absolute Gasteiger partial charge is 0.376 e. The molecule has 4 atom stereocenters. The summed E-state index contributed by atoms with van der Waals surface area (Å²) in [6.45, 7) is 8.61. The summed E-state index contributed by atoms with van der Waals surface area (Å²) in [4.78, 5) is 2.67. The van der Waals surface area contributed by atoms with Gasteiger partial charge in [0.25, 0.3) is 0 Å². The molecule has 3 nitrogen and oxygen atoms in total. The maximum atomic E-state index is 5.95. The first-order valence-corrected chi connectivity index (χ1v) is 7.80. The molecular formula is C15H30N2O. The minimum Gasteiger partial charge on any atom is -0.376 e. The number of hydrogen-bond donors (Lipinski definition) is 1. The molecular weight excluding hydrogens is 224 g/mol. The molecule has 2 aliphatic rings. The highest BCUT2D eigenvalue weighted by Crippen LogP contribution is 2.31. The third kappa shape index (κ3) is 3.46. The molecule has 0 amide bonds. The fourth-order valence-electron chi connectivity index (χ4n) is 3.65. The van der Waals surface area contributed by atoms with E-state index in [9.17, 15) is 0 Å². The Labute approximate surface area is 112 Å². The summed E-state index contributed by atoms with van der Waals surface area (Å²) in [7, 11) is 0. The van der Waals surface area contributed by atoms with Crippen molar-refractivity contribution in [2.75, 3.05) is 26.2 Å². The van der Waals surface area contributed by atoms with Gasteiger partial charge in [0.15, 0.2) is 0 Å². The van der Waals surface area contributed by atoms with Crippen LogP contribution in [0, 0.1) is 11.8 Å². The quantitative estimate of drug-likeness (QED) is 0.836. The number of nitrogens with zero attached hydrogens (tertiary/aromatic N) is 1. The lowest BCUT2D eigenvalue weighted by Gasteiger charge is -2.42. The Morgan fingerprint density at radius 1 is 1.22 bits per heavy atom. The normalized spacial score (nSPS) is 38.8. The summed E-state index contributed by atoms with van der Waals surface area (Å²) in [5.41, 5.74) is 5.95. The Balaban J connectivity index is 1.92. The van der Waals surface area contributed by atoms with Crippen molar-refractivity contribution in [2.24, 2.45) is 17.6 Å². The summed E-state index contributed by atoms with van der Waals surface area (Å²) in [6, 6.07) is 0.626. The molecule has 106 valence electrons. The van der Waals surface area contributed by atoms with Gasteiger partial charge in [-0.15, -0.1) is 0 Å². The van der Waals surface area contributed by atoms with Crippen LogP contribution in [0.5, 0.6) is 0 Å². The molecule has 3 heteroatoms. The van der Waals surface area contributed by atoms with E-state index in [2.05, 4.69) is 18.7 Å². The van der Waals surface area contributed by atoms with E-state index in [1.165, 1.54) is 38.6 Å². The summed E-state index contributed by atoms with van der Waals surface area (Å²) in [6.07, 6.45) is 7.11. The van der Waals surface area contributed by atoms with Gasteiger partial charge in [-0.3, -0.25) is 4.90 Å². The summed E-state index contributed by atoms with van der Waals surface area (Å²) in [5.74, 6) is 1.58. The minimum atomic E-state index is 0.396. The van der Waals surface area contributed by atoms with Crippen LogP contribution < -0.4 is 5.73 Å². The second kappa shape index (κ2) is 6.88. The first-order chi connectivity index (χ1) is 8.74. The van der Waals surface area contributed by atoms with Crippen LogP contribution in [0.1, 0.15) is 46.0 Å². The smallest absolute Gasteiger partial charge is 0.0674 e. The molecule has 0 radical (unpaired) electrons. The van der Waals surface area contributed by atoms with Gasteiger partial charge in [-0.1, -0.05) is 19.8 Å². The van der Waals surface area contributed by atoms with E-state index in [1.54, 1.807) is 0 Å². The first-order valence-electron chi connectivity index (χ1n) is 7.80. The van der Waals surface area contributed by atoms with Crippen LogP contribution in [-0.2, 0) is 4.74 Å². The number of nitrogens with two attached hydrogens (primary N) is 1. The van der Waals surface area contributed by atoms with E-state index in [-0.39, 0.29) is 0 Å². The molecule has 2 N–H and O–H groups in total. The zero-order valence-corrected chi connectivity index (χ0v) is 12.1. The third-order valence-electron chi connectivity index (χ3n) is 4.89. The van der Waals surface area contributed by atoms with Crippen LogP contribution >= 0.6 is 0 Å². The van der Waals surface area contributed by atoms with E-state index < -0.39 is 0 Å². The van der Waals surface area contributed by atoms with Gasteiger partial charge < -0.3 is 10.5 Å². The number of rotatable bonds is 4. The molecule has 2 fully saturated rings. The predicted octanol–water partition coefficient (Wildman–Crippen LogP) is 2.25. The van der Waals surface area contributed by atoms with Gasteiger partial charge >= 0.3 is 0 Å². The molecule has 2 rings (SSSR count). The van der Waals surface area contributed by atoms with Gasteiger partial charge in [-0.25, -0.2) is 0 Å². The van der Waals surface area contributed by atoms with Crippen LogP contribution in [0.3, 0.4) is 0 Å². The summed E-state index contributed by atoms with van der Waals surface area (Å²) < 4.78 is 5.79. The average molecular weight is 254 g/mol. The zero-order chi connectivity index (χ0) is 13.0. The second-order valence-corrected chi connectivity index (χ2v) is 6.20. The molecule has 4 unspecified atom stereocenters. The van der Waals surface area contributed by atoms with Crippen molar-refractivity contribution in [1.82, 2.24) is 4.90 Å². The van der Waals surface area contributed by atoms with Crippen molar-refractivity contribution in [3.8, 4) is 0 Å². The first kappa shape index (κ1) is 14.3. The molecule has 18 heavy (non-hydrogen) atoms. The number of morpholine rings is 1. The zero-order valence-electron chi connectivity index (χ0n) is 12.1. The summed E-state index contributed by atoms with van der Waals surface area (Å²) >= 11 is 0. The maximum absolute atomic E-state index is 5.95. The van der Waals surface area contributed by atoms with Gasteiger partial charge in [0.2, 0.25) is 0 Å². The molecule has 0 bridgehead atoms. The van der Waals surface area contributed by atoms with Gasteiger partial charge in [-0.2, -0.15) is 0 Å². The molecule has 1 saturated heterocycles. The molecule has 0 aromatic heterocycles. The predicted molar refractivity (Wildman–Crippen MR) is 75.6 cm³/mol.